The topological polar surface area (TPSA) is 32.6 Å². The molecule has 1 N–H and O–H groups in total. The van der Waals surface area contributed by atoms with E-state index in [0.29, 0.717) is 17.3 Å². The molecule has 2 heterocycles. The fourth-order valence-electron chi connectivity index (χ4n) is 1.98. The Hall–Kier alpha value is -1.28. The number of thiazole rings is 1. The van der Waals surface area contributed by atoms with Crippen LogP contribution in [-0.4, -0.2) is 34.7 Å². The molecule has 0 bridgehead atoms. The molecule has 0 aliphatic carbocycles. The highest BCUT2D eigenvalue weighted by molar-refractivity contribution is 7.15. The Morgan fingerprint density at radius 3 is 2.57 bits per heavy atom. The molecule has 0 unspecified atom stereocenters. The third kappa shape index (κ3) is 4.10. The van der Waals surface area contributed by atoms with Crippen molar-refractivity contribution in [2.24, 2.45) is 0 Å². The van der Waals surface area contributed by atoms with E-state index in [4.69, 9.17) is 0 Å². The molecule has 8 heteroatoms. The van der Waals surface area contributed by atoms with Crippen molar-refractivity contribution in [1.82, 2.24) is 14.7 Å². The first kappa shape index (κ1) is 16.1. The normalized spacial score (nSPS) is 13.1. The third-order valence-electron chi connectivity index (χ3n) is 2.90. The van der Waals surface area contributed by atoms with Crippen molar-refractivity contribution in [3.63, 3.8) is 0 Å². The highest BCUT2D eigenvalue weighted by Gasteiger charge is 2.31. The summed E-state index contributed by atoms with van der Waals surface area (Å²) < 4.78 is 39.6. The van der Waals surface area contributed by atoms with Crippen molar-refractivity contribution in [2.75, 3.05) is 18.5 Å². The lowest BCUT2D eigenvalue weighted by Crippen LogP contribution is -2.36. The lowest BCUT2D eigenvalue weighted by Gasteiger charge is -2.23. The number of hydrogen-bond donors (Lipinski definition) is 1. The summed E-state index contributed by atoms with van der Waals surface area (Å²) in [6.07, 6.45) is -2.42. The van der Waals surface area contributed by atoms with Gasteiger partial charge in [-0.25, -0.2) is 4.98 Å². The number of fused-ring (bicyclic) bond motifs is 1. The first-order valence-corrected chi connectivity index (χ1v) is 7.42. The van der Waals surface area contributed by atoms with Gasteiger partial charge in [0.05, 0.1) is 5.69 Å². The van der Waals surface area contributed by atoms with Gasteiger partial charge in [0.25, 0.3) is 0 Å². The standard InChI is InChI=1S/C13H19F3N4S/c1-12(2,3)17-7-9-10(19(4)8-13(14,15)16)18-11-20(9)5-6-21-11/h5-6,17H,7-8H2,1-4H3. The van der Waals surface area contributed by atoms with Gasteiger partial charge in [-0.2, -0.15) is 13.2 Å². The fraction of sp³-hybridized carbons (Fsp3) is 0.615. The first-order valence-electron chi connectivity index (χ1n) is 6.54. The van der Waals surface area contributed by atoms with Crippen molar-refractivity contribution < 1.29 is 13.2 Å². The van der Waals surface area contributed by atoms with Crippen molar-refractivity contribution in [2.45, 2.75) is 39.0 Å². The summed E-state index contributed by atoms with van der Waals surface area (Å²) >= 11 is 1.41. The number of alkyl halides is 3. The summed E-state index contributed by atoms with van der Waals surface area (Å²) in [5, 5.41) is 5.17. The summed E-state index contributed by atoms with van der Waals surface area (Å²) in [5.41, 5.74) is 0.618. The SMILES string of the molecule is CN(CC(F)(F)F)c1nc2sccn2c1CNC(C)(C)C. The van der Waals surface area contributed by atoms with Gasteiger partial charge >= 0.3 is 6.18 Å². The van der Waals surface area contributed by atoms with Crippen molar-refractivity contribution in [3.05, 3.63) is 17.3 Å². The molecule has 21 heavy (non-hydrogen) atoms. The average Bonchev–Trinajstić information content (AvgIpc) is 2.82. The lowest BCUT2D eigenvalue weighted by atomic mass is 10.1. The zero-order chi connectivity index (χ0) is 15.8. The van der Waals surface area contributed by atoms with Crippen molar-refractivity contribution in [1.29, 1.82) is 0 Å². The molecule has 0 aliphatic rings. The van der Waals surface area contributed by atoms with Gasteiger partial charge in [-0.3, -0.25) is 4.40 Å². The largest absolute Gasteiger partial charge is 0.405 e. The lowest BCUT2D eigenvalue weighted by molar-refractivity contribution is -0.119. The zero-order valence-corrected chi connectivity index (χ0v) is 13.3. The second-order valence-corrected chi connectivity index (χ2v) is 6.89. The van der Waals surface area contributed by atoms with Gasteiger partial charge in [0.1, 0.15) is 6.54 Å². The van der Waals surface area contributed by atoms with E-state index in [2.05, 4.69) is 10.3 Å². The summed E-state index contributed by atoms with van der Waals surface area (Å²) in [6.45, 7) is 5.48. The molecule has 2 aromatic heterocycles. The van der Waals surface area contributed by atoms with Crippen LogP contribution in [0.1, 0.15) is 26.5 Å². The number of aromatic nitrogens is 2. The van der Waals surface area contributed by atoms with Crippen LogP contribution in [0.5, 0.6) is 0 Å². The summed E-state index contributed by atoms with van der Waals surface area (Å²) in [6, 6.07) is 0. The monoisotopic (exact) mass is 320 g/mol. The minimum Gasteiger partial charge on any atom is -0.349 e. The second kappa shape index (κ2) is 5.49. The van der Waals surface area contributed by atoms with E-state index in [0.717, 1.165) is 10.6 Å². The van der Waals surface area contributed by atoms with E-state index in [1.807, 2.05) is 36.7 Å². The van der Waals surface area contributed by atoms with Gasteiger partial charge in [0, 0.05) is 30.7 Å². The van der Waals surface area contributed by atoms with Crippen molar-refractivity contribution in [3.8, 4) is 0 Å². The summed E-state index contributed by atoms with van der Waals surface area (Å²) in [5.74, 6) is 0.371. The molecule has 0 atom stereocenters. The molecule has 118 valence electrons. The number of imidazole rings is 1. The van der Waals surface area contributed by atoms with Crippen LogP contribution in [0.4, 0.5) is 19.0 Å². The maximum Gasteiger partial charge on any atom is 0.405 e. The predicted octanol–water partition coefficient (Wildman–Crippen LogP) is 3.28. The van der Waals surface area contributed by atoms with Crippen LogP contribution in [-0.2, 0) is 6.54 Å². The molecule has 0 saturated heterocycles. The predicted molar refractivity (Wildman–Crippen MR) is 79.0 cm³/mol. The number of rotatable bonds is 4. The Balaban J connectivity index is 2.31. The van der Waals surface area contributed by atoms with Crippen LogP contribution in [0.15, 0.2) is 11.6 Å². The van der Waals surface area contributed by atoms with Gasteiger partial charge in [-0.05, 0) is 20.8 Å². The number of anilines is 1. The van der Waals surface area contributed by atoms with Crippen LogP contribution < -0.4 is 10.2 Å². The van der Waals surface area contributed by atoms with Crippen LogP contribution in [0, 0.1) is 0 Å². The molecular weight excluding hydrogens is 301 g/mol. The van der Waals surface area contributed by atoms with E-state index in [-0.39, 0.29) is 5.54 Å². The Morgan fingerprint density at radius 1 is 1.33 bits per heavy atom. The molecule has 0 spiro atoms. The molecule has 0 radical (unpaired) electrons. The van der Waals surface area contributed by atoms with Crippen LogP contribution >= 0.6 is 11.3 Å². The minimum atomic E-state index is -4.25. The Morgan fingerprint density at radius 2 is 2.00 bits per heavy atom. The number of hydrogen-bond acceptors (Lipinski definition) is 4. The summed E-state index contributed by atoms with van der Waals surface area (Å²) in [7, 11) is 1.42. The molecule has 0 amide bonds. The third-order valence-corrected chi connectivity index (χ3v) is 3.66. The van der Waals surface area contributed by atoms with E-state index >= 15 is 0 Å². The average molecular weight is 320 g/mol. The molecule has 0 fully saturated rings. The number of nitrogens with zero attached hydrogens (tertiary/aromatic N) is 3. The molecule has 2 rings (SSSR count). The highest BCUT2D eigenvalue weighted by Crippen LogP contribution is 2.27. The van der Waals surface area contributed by atoms with Gasteiger partial charge < -0.3 is 10.2 Å². The Kier molecular flexibility index (Phi) is 4.21. The van der Waals surface area contributed by atoms with E-state index in [1.165, 1.54) is 18.4 Å². The molecule has 2 aromatic rings. The summed E-state index contributed by atoms with van der Waals surface area (Å²) in [4.78, 5) is 6.18. The van der Waals surface area contributed by atoms with Gasteiger partial charge in [-0.1, -0.05) is 0 Å². The van der Waals surface area contributed by atoms with Crippen LogP contribution in [0.2, 0.25) is 0 Å². The quantitative estimate of drug-likeness (QED) is 0.938. The van der Waals surface area contributed by atoms with E-state index in [9.17, 15) is 13.2 Å². The van der Waals surface area contributed by atoms with Crippen molar-refractivity contribution >= 4 is 22.1 Å². The van der Waals surface area contributed by atoms with Gasteiger partial charge in [-0.15, -0.1) is 11.3 Å². The van der Waals surface area contributed by atoms with Gasteiger partial charge in [0.2, 0.25) is 0 Å². The number of halogens is 3. The Labute approximate surface area is 125 Å². The molecule has 0 saturated carbocycles. The highest BCUT2D eigenvalue weighted by atomic mass is 32.1. The maximum atomic E-state index is 12.6. The fourth-order valence-corrected chi connectivity index (χ4v) is 2.71. The van der Waals surface area contributed by atoms with Crippen LogP contribution in [0.3, 0.4) is 0 Å². The van der Waals surface area contributed by atoms with E-state index < -0.39 is 12.7 Å². The van der Waals surface area contributed by atoms with Gasteiger partial charge in [0.15, 0.2) is 10.8 Å². The number of nitrogens with one attached hydrogen (secondary N) is 1. The molecule has 4 nitrogen and oxygen atoms in total. The smallest absolute Gasteiger partial charge is 0.349 e. The molecule has 0 aromatic carbocycles. The Bertz CT molecular complexity index is 609. The zero-order valence-electron chi connectivity index (χ0n) is 12.5. The first-order chi connectivity index (χ1) is 9.57. The minimum absolute atomic E-state index is 0.125. The second-order valence-electron chi connectivity index (χ2n) is 6.01. The van der Waals surface area contributed by atoms with Crippen LogP contribution in [0.25, 0.3) is 4.96 Å². The maximum absolute atomic E-state index is 12.6. The molecule has 0 aliphatic heterocycles. The van der Waals surface area contributed by atoms with E-state index in [1.54, 1.807) is 0 Å². The molecular formula is C13H19F3N4S.